The summed E-state index contributed by atoms with van der Waals surface area (Å²) in [6.07, 6.45) is 3.74. The predicted molar refractivity (Wildman–Crippen MR) is 104 cm³/mol. The van der Waals surface area contributed by atoms with E-state index in [0.29, 0.717) is 25.9 Å². The molecule has 7 nitrogen and oxygen atoms in total. The number of methoxy groups -OCH3 is 1. The molecule has 1 aromatic carbocycles. The van der Waals surface area contributed by atoms with Crippen molar-refractivity contribution in [1.82, 2.24) is 19.5 Å². The first-order chi connectivity index (χ1) is 12.2. The minimum atomic E-state index is -0.0198. The van der Waals surface area contributed by atoms with Gasteiger partial charge in [0.05, 0.1) is 19.1 Å². The third kappa shape index (κ3) is 3.25. The number of rotatable bonds is 4. The van der Waals surface area contributed by atoms with E-state index in [1.807, 2.05) is 10.6 Å². The SMILES string of the molecule is COc1cc(Cl)ccc1Nc1nc(I)nc2c1ncn2C1CCCO1. The van der Waals surface area contributed by atoms with Gasteiger partial charge in [-0.3, -0.25) is 4.57 Å². The largest absolute Gasteiger partial charge is 0.495 e. The van der Waals surface area contributed by atoms with E-state index in [1.54, 1.807) is 25.6 Å². The van der Waals surface area contributed by atoms with Gasteiger partial charge in [-0.25, -0.2) is 15.0 Å². The number of benzene rings is 1. The summed E-state index contributed by atoms with van der Waals surface area (Å²) in [6, 6.07) is 5.39. The Kier molecular flexibility index (Phi) is 4.65. The first-order valence-electron chi connectivity index (χ1n) is 7.78. The number of hydrogen-bond donors (Lipinski definition) is 1. The number of nitrogens with one attached hydrogen (secondary N) is 1. The number of ether oxygens (including phenoxy) is 2. The molecule has 2 aromatic heterocycles. The Hall–Kier alpha value is -1.65. The highest BCUT2D eigenvalue weighted by atomic mass is 127. The molecule has 3 aromatic rings. The van der Waals surface area contributed by atoms with Crippen LogP contribution in [0.15, 0.2) is 24.5 Å². The molecule has 3 heterocycles. The second kappa shape index (κ2) is 6.93. The van der Waals surface area contributed by atoms with Crippen molar-refractivity contribution in [3.63, 3.8) is 0 Å². The Morgan fingerprint density at radius 1 is 1.40 bits per heavy atom. The molecule has 1 atom stereocenters. The maximum absolute atomic E-state index is 6.03. The fraction of sp³-hybridized carbons (Fsp3) is 0.312. The van der Waals surface area contributed by atoms with Crippen molar-refractivity contribution < 1.29 is 9.47 Å². The molecule has 9 heteroatoms. The lowest BCUT2D eigenvalue weighted by Crippen LogP contribution is -2.08. The summed E-state index contributed by atoms with van der Waals surface area (Å²) in [5.74, 6) is 1.25. The molecule has 130 valence electrons. The van der Waals surface area contributed by atoms with E-state index in [-0.39, 0.29) is 6.23 Å². The number of halogens is 2. The van der Waals surface area contributed by atoms with Gasteiger partial charge in [0.15, 0.2) is 20.8 Å². The highest BCUT2D eigenvalue weighted by Crippen LogP contribution is 2.33. The van der Waals surface area contributed by atoms with Crippen LogP contribution in [-0.2, 0) is 4.74 Å². The molecule has 1 unspecified atom stereocenters. The molecule has 0 radical (unpaired) electrons. The maximum Gasteiger partial charge on any atom is 0.194 e. The Labute approximate surface area is 162 Å². The highest BCUT2D eigenvalue weighted by Gasteiger charge is 2.22. The number of hydrogen-bond acceptors (Lipinski definition) is 6. The van der Waals surface area contributed by atoms with E-state index in [1.165, 1.54) is 0 Å². The van der Waals surface area contributed by atoms with Crippen molar-refractivity contribution >= 4 is 56.9 Å². The van der Waals surface area contributed by atoms with Crippen molar-refractivity contribution in [2.75, 3.05) is 19.0 Å². The Balaban J connectivity index is 1.77. The molecule has 0 spiro atoms. The van der Waals surface area contributed by atoms with Gasteiger partial charge in [0.1, 0.15) is 12.0 Å². The van der Waals surface area contributed by atoms with Gasteiger partial charge in [-0.2, -0.15) is 0 Å². The van der Waals surface area contributed by atoms with Crippen LogP contribution >= 0.6 is 34.2 Å². The second-order valence-corrected chi connectivity index (χ2v) is 7.00. The third-order valence-electron chi connectivity index (χ3n) is 4.03. The van der Waals surface area contributed by atoms with Crippen LogP contribution in [0.5, 0.6) is 5.75 Å². The topological polar surface area (TPSA) is 74.1 Å². The third-order valence-corrected chi connectivity index (χ3v) is 4.74. The van der Waals surface area contributed by atoms with Gasteiger partial charge < -0.3 is 14.8 Å². The summed E-state index contributed by atoms with van der Waals surface area (Å²) in [6.45, 7) is 0.763. The first kappa shape index (κ1) is 16.8. The van der Waals surface area contributed by atoms with Crippen LogP contribution in [0.25, 0.3) is 11.2 Å². The van der Waals surface area contributed by atoms with Crippen LogP contribution in [0.4, 0.5) is 11.5 Å². The van der Waals surface area contributed by atoms with E-state index in [4.69, 9.17) is 21.1 Å². The summed E-state index contributed by atoms with van der Waals surface area (Å²) in [5, 5.41) is 3.89. The van der Waals surface area contributed by atoms with Crippen LogP contribution in [-0.4, -0.2) is 33.2 Å². The van der Waals surface area contributed by atoms with Crippen LogP contribution in [0, 0.1) is 3.83 Å². The number of fused-ring (bicyclic) bond motifs is 1. The fourth-order valence-corrected chi connectivity index (χ4v) is 3.50. The molecule has 1 saturated heterocycles. The molecule has 4 rings (SSSR count). The monoisotopic (exact) mass is 471 g/mol. The van der Waals surface area contributed by atoms with Crippen LogP contribution < -0.4 is 10.1 Å². The molecule has 1 aliphatic rings. The lowest BCUT2D eigenvalue weighted by molar-refractivity contribution is 0.0592. The highest BCUT2D eigenvalue weighted by molar-refractivity contribution is 14.1. The van der Waals surface area contributed by atoms with Crippen LogP contribution in [0.2, 0.25) is 5.02 Å². The molecule has 25 heavy (non-hydrogen) atoms. The van der Waals surface area contributed by atoms with Gasteiger partial charge in [-0.05, 0) is 25.0 Å². The molecule has 0 aliphatic carbocycles. The zero-order chi connectivity index (χ0) is 17.4. The lowest BCUT2D eigenvalue weighted by atomic mass is 10.3. The van der Waals surface area contributed by atoms with Crippen molar-refractivity contribution in [2.24, 2.45) is 0 Å². The molecule has 1 fully saturated rings. The van der Waals surface area contributed by atoms with Gasteiger partial charge in [-0.1, -0.05) is 11.6 Å². The average Bonchev–Trinajstić information content (AvgIpc) is 3.25. The summed E-state index contributed by atoms with van der Waals surface area (Å²) >= 11 is 8.13. The van der Waals surface area contributed by atoms with E-state index >= 15 is 0 Å². The molecular weight excluding hydrogens is 457 g/mol. The normalized spacial score (nSPS) is 17.2. The van der Waals surface area contributed by atoms with Gasteiger partial charge in [-0.15, -0.1) is 0 Å². The van der Waals surface area contributed by atoms with E-state index in [2.05, 4.69) is 42.9 Å². The number of nitrogens with zero attached hydrogens (tertiary/aromatic N) is 4. The standard InChI is InChI=1S/C16H15ClIN5O2/c1-24-11-7-9(17)4-5-10(11)20-14-13-15(22-16(18)21-14)23(8-19-13)12-3-2-6-25-12/h4-5,7-8,12H,2-3,6H2,1H3,(H,20,21,22). The average molecular weight is 472 g/mol. The van der Waals surface area contributed by atoms with Gasteiger partial charge >= 0.3 is 0 Å². The summed E-state index contributed by atoms with van der Waals surface area (Å²) in [5.41, 5.74) is 2.20. The minimum absolute atomic E-state index is 0.0198. The molecule has 0 saturated carbocycles. The second-order valence-electron chi connectivity index (χ2n) is 5.60. The van der Waals surface area contributed by atoms with Crippen molar-refractivity contribution in [1.29, 1.82) is 0 Å². The van der Waals surface area contributed by atoms with E-state index in [0.717, 1.165) is 30.8 Å². The number of aromatic nitrogens is 4. The Bertz CT molecular complexity index is 926. The van der Waals surface area contributed by atoms with Crippen LogP contribution in [0.1, 0.15) is 19.1 Å². The molecule has 0 bridgehead atoms. The van der Waals surface area contributed by atoms with Gasteiger partial charge in [0.2, 0.25) is 0 Å². The van der Waals surface area contributed by atoms with E-state index in [9.17, 15) is 0 Å². The zero-order valence-corrected chi connectivity index (χ0v) is 16.3. The summed E-state index contributed by atoms with van der Waals surface area (Å²) < 4.78 is 13.7. The Morgan fingerprint density at radius 3 is 3.04 bits per heavy atom. The van der Waals surface area contributed by atoms with Crippen molar-refractivity contribution in [3.8, 4) is 5.75 Å². The molecule has 1 aliphatic heterocycles. The number of imidazole rings is 1. The molecule has 0 amide bonds. The summed E-state index contributed by atoms with van der Waals surface area (Å²) in [4.78, 5) is 13.5. The maximum atomic E-state index is 6.03. The number of anilines is 2. The van der Waals surface area contributed by atoms with Crippen LogP contribution in [0.3, 0.4) is 0 Å². The molecule has 1 N–H and O–H groups in total. The quantitative estimate of drug-likeness (QED) is 0.455. The van der Waals surface area contributed by atoms with E-state index < -0.39 is 0 Å². The molecular formula is C16H15ClIN5O2. The van der Waals surface area contributed by atoms with Gasteiger partial charge in [0, 0.05) is 40.3 Å². The van der Waals surface area contributed by atoms with Crippen molar-refractivity contribution in [3.05, 3.63) is 33.4 Å². The Morgan fingerprint density at radius 2 is 2.28 bits per heavy atom. The lowest BCUT2D eigenvalue weighted by Gasteiger charge is -2.13. The smallest absolute Gasteiger partial charge is 0.194 e. The minimum Gasteiger partial charge on any atom is -0.495 e. The van der Waals surface area contributed by atoms with Crippen molar-refractivity contribution in [2.45, 2.75) is 19.1 Å². The van der Waals surface area contributed by atoms with Gasteiger partial charge in [0.25, 0.3) is 0 Å². The fourth-order valence-electron chi connectivity index (χ4n) is 2.86. The summed E-state index contributed by atoms with van der Waals surface area (Å²) in [7, 11) is 1.60. The zero-order valence-electron chi connectivity index (χ0n) is 13.4. The first-order valence-corrected chi connectivity index (χ1v) is 9.23. The predicted octanol–water partition coefficient (Wildman–Crippen LogP) is 4.15.